The summed E-state index contributed by atoms with van der Waals surface area (Å²) in [6.07, 6.45) is 2.69. The molecule has 3 aromatic rings. The smallest absolute Gasteiger partial charge is 0.279 e. The number of halogens is 2. The van der Waals surface area contributed by atoms with Crippen LogP contribution in [0.4, 0.5) is 4.39 Å². The van der Waals surface area contributed by atoms with Crippen LogP contribution in [0.25, 0.3) is 10.9 Å². The number of aliphatic hydroxyl groups excluding tert-OH is 1. The molecule has 1 unspecified atom stereocenters. The van der Waals surface area contributed by atoms with Crippen molar-refractivity contribution in [3.8, 4) is 0 Å². The SMILES string of the molecule is Cn1nc2c(=O)n(C3CC3)ccc2c1C(O)c1ccc(F)c(Cl)c1. The maximum atomic E-state index is 13.3. The van der Waals surface area contributed by atoms with Crippen molar-refractivity contribution in [1.29, 1.82) is 0 Å². The van der Waals surface area contributed by atoms with Gasteiger partial charge >= 0.3 is 0 Å². The lowest BCUT2D eigenvalue weighted by Gasteiger charge is -2.13. The van der Waals surface area contributed by atoms with Crippen molar-refractivity contribution in [3.63, 3.8) is 0 Å². The molecule has 0 bridgehead atoms. The van der Waals surface area contributed by atoms with Crippen LogP contribution < -0.4 is 5.56 Å². The van der Waals surface area contributed by atoms with Gasteiger partial charge in [0.05, 0.1) is 10.7 Å². The van der Waals surface area contributed by atoms with Gasteiger partial charge in [0.25, 0.3) is 5.56 Å². The normalized spacial score (nSPS) is 15.8. The summed E-state index contributed by atoms with van der Waals surface area (Å²) in [5, 5.41) is 15.5. The molecule has 0 saturated heterocycles. The molecule has 1 atom stereocenters. The van der Waals surface area contributed by atoms with E-state index < -0.39 is 11.9 Å². The number of aliphatic hydroxyl groups is 1. The van der Waals surface area contributed by atoms with Crippen LogP contribution in [0, 0.1) is 5.82 Å². The summed E-state index contributed by atoms with van der Waals surface area (Å²) < 4.78 is 16.5. The summed E-state index contributed by atoms with van der Waals surface area (Å²) in [5.41, 5.74) is 1.10. The molecular formula is C17H15ClFN3O2. The molecule has 1 aromatic carbocycles. The van der Waals surface area contributed by atoms with Gasteiger partial charge in [0, 0.05) is 24.7 Å². The second-order valence-electron chi connectivity index (χ2n) is 6.11. The Hall–Kier alpha value is -2.18. The molecule has 2 heterocycles. The lowest BCUT2D eigenvalue weighted by Crippen LogP contribution is -2.18. The lowest BCUT2D eigenvalue weighted by atomic mass is 10.0. The van der Waals surface area contributed by atoms with Gasteiger partial charge in [0.15, 0.2) is 5.52 Å². The monoisotopic (exact) mass is 347 g/mol. The van der Waals surface area contributed by atoms with Crippen molar-refractivity contribution in [2.45, 2.75) is 25.0 Å². The number of nitrogens with zero attached hydrogens (tertiary/aromatic N) is 3. The van der Waals surface area contributed by atoms with Crippen LogP contribution in [-0.4, -0.2) is 19.5 Å². The maximum Gasteiger partial charge on any atom is 0.279 e. The number of hydrogen-bond donors (Lipinski definition) is 1. The zero-order valence-electron chi connectivity index (χ0n) is 12.9. The molecule has 7 heteroatoms. The standard InChI is InChI=1S/C17H15ClFN3O2/c1-21-15(16(23)9-2-5-13(19)12(18)8-9)11-6-7-22(10-3-4-10)17(24)14(11)20-21/h2,5-8,10,16,23H,3-4H2,1H3. The minimum atomic E-state index is -1.06. The first-order valence-electron chi connectivity index (χ1n) is 7.68. The Morgan fingerprint density at radius 2 is 2.12 bits per heavy atom. The van der Waals surface area contributed by atoms with Crippen LogP contribution in [0.2, 0.25) is 5.02 Å². The summed E-state index contributed by atoms with van der Waals surface area (Å²) in [6, 6.07) is 6.11. The third kappa shape index (κ3) is 2.34. The predicted octanol–water partition coefficient (Wildman–Crippen LogP) is 2.94. The van der Waals surface area contributed by atoms with E-state index in [-0.39, 0.29) is 16.6 Å². The first-order chi connectivity index (χ1) is 11.5. The zero-order valence-corrected chi connectivity index (χ0v) is 13.7. The number of rotatable bonds is 3. The molecule has 1 aliphatic carbocycles. The van der Waals surface area contributed by atoms with Gasteiger partial charge in [-0.05, 0) is 36.6 Å². The molecule has 1 aliphatic rings. The molecule has 1 saturated carbocycles. The Balaban J connectivity index is 1.86. The third-order valence-electron chi connectivity index (χ3n) is 4.43. The molecule has 1 fully saturated rings. The second-order valence-corrected chi connectivity index (χ2v) is 6.51. The van der Waals surface area contributed by atoms with Crippen LogP contribution in [0.1, 0.15) is 36.2 Å². The van der Waals surface area contributed by atoms with Gasteiger partial charge in [0.1, 0.15) is 11.9 Å². The van der Waals surface area contributed by atoms with Crippen molar-refractivity contribution in [3.05, 3.63) is 62.9 Å². The van der Waals surface area contributed by atoms with E-state index in [2.05, 4.69) is 5.10 Å². The van der Waals surface area contributed by atoms with E-state index in [4.69, 9.17) is 11.6 Å². The zero-order chi connectivity index (χ0) is 17.0. The molecule has 2 aromatic heterocycles. The lowest BCUT2D eigenvalue weighted by molar-refractivity contribution is 0.211. The molecule has 124 valence electrons. The van der Waals surface area contributed by atoms with E-state index >= 15 is 0 Å². The average molecular weight is 348 g/mol. The van der Waals surface area contributed by atoms with Crippen molar-refractivity contribution < 1.29 is 9.50 Å². The predicted molar refractivity (Wildman–Crippen MR) is 88.7 cm³/mol. The number of aryl methyl sites for hydroxylation is 1. The van der Waals surface area contributed by atoms with Crippen LogP contribution in [0.5, 0.6) is 0 Å². The molecule has 0 radical (unpaired) electrons. The van der Waals surface area contributed by atoms with Crippen molar-refractivity contribution in [2.24, 2.45) is 7.05 Å². The largest absolute Gasteiger partial charge is 0.382 e. The maximum absolute atomic E-state index is 13.3. The Morgan fingerprint density at radius 3 is 2.79 bits per heavy atom. The van der Waals surface area contributed by atoms with Crippen LogP contribution in [0.3, 0.4) is 0 Å². The van der Waals surface area contributed by atoms with Crippen molar-refractivity contribution >= 4 is 22.5 Å². The van der Waals surface area contributed by atoms with E-state index in [1.807, 2.05) is 0 Å². The number of pyridine rings is 1. The van der Waals surface area contributed by atoms with E-state index in [1.54, 1.807) is 23.9 Å². The molecule has 1 N–H and O–H groups in total. The molecule has 5 nitrogen and oxygen atoms in total. The molecule has 24 heavy (non-hydrogen) atoms. The number of aromatic nitrogens is 3. The highest BCUT2D eigenvalue weighted by atomic mass is 35.5. The highest BCUT2D eigenvalue weighted by Gasteiger charge is 2.27. The van der Waals surface area contributed by atoms with E-state index in [0.29, 0.717) is 22.2 Å². The van der Waals surface area contributed by atoms with Crippen LogP contribution in [-0.2, 0) is 7.05 Å². The fraction of sp³-hybridized carbons (Fsp3) is 0.294. The van der Waals surface area contributed by atoms with Gasteiger partial charge in [-0.15, -0.1) is 0 Å². The Bertz CT molecular complexity index is 1010. The molecule has 0 amide bonds. The van der Waals surface area contributed by atoms with Crippen molar-refractivity contribution in [1.82, 2.24) is 14.3 Å². The first kappa shape index (κ1) is 15.4. The summed E-state index contributed by atoms with van der Waals surface area (Å²) in [5.74, 6) is -0.546. The first-order valence-corrected chi connectivity index (χ1v) is 8.06. The van der Waals surface area contributed by atoms with E-state index in [0.717, 1.165) is 12.8 Å². The topological polar surface area (TPSA) is 60.0 Å². The summed E-state index contributed by atoms with van der Waals surface area (Å²) in [4.78, 5) is 12.6. The number of benzene rings is 1. The molecule has 0 aliphatic heterocycles. The third-order valence-corrected chi connectivity index (χ3v) is 4.72. The van der Waals surface area contributed by atoms with Gasteiger partial charge in [-0.1, -0.05) is 17.7 Å². The van der Waals surface area contributed by atoms with Crippen molar-refractivity contribution in [2.75, 3.05) is 0 Å². The Labute approximate surface area is 141 Å². The van der Waals surface area contributed by atoms with Gasteiger partial charge in [-0.25, -0.2) is 4.39 Å². The minimum absolute atomic E-state index is 0.0610. The van der Waals surface area contributed by atoms with Crippen LogP contribution >= 0.6 is 11.6 Å². The Kier molecular flexibility index (Phi) is 3.47. The van der Waals surface area contributed by atoms with E-state index in [1.165, 1.54) is 22.9 Å². The Morgan fingerprint density at radius 1 is 1.38 bits per heavy atom. The number of hydrogen-bond acceptors (Lipinski definition) is 3. The van der Waals surface area contributed by atoms with Gasteiger partial charge in [0.2, 0.25) is 0 Å². The second kappa shape index (κ2) is 5.43. The highest BCUT2D eigenvalue weighted by Crippen LogP contribution is 2.34. The average Bonchev–Trinajstić information content (AvgIpc) is 3.32. The fourth-order valence-electron chi connectivity index (χ4n) is 3.03. The minimum Gasteiger partial charge on any atom is -0.382 e. The van der Waals surface area contributed by atoms with Gasteiger partial charge < -0.3 is 9.67 Å². The van der Waals surface area contributed by atoms with Crippen LogP contribution in [0.15, 0.2) is 35.3 Å². The molecule has 0 spiro atoms. The molecule has 4 rings (SSSR count). The van der Waals surface area contributed by atoms with E-state index in [9.17, 15) is 14.3 Å². The highest BCUT2D eigenvalue weighted by molar-refractivity contribution is 6.30. The molecular weight excluding hydrogens is 333 g/mol. The number of fused-ring (bicyclic) bond motifs is 1. The van der Waals surface area contributed by atoms with Gasteiger partial charge in [-0.3, -0.25) is 9.48 Å². The summed E-state index contributed by atoms with van der Waals surface area (Å²) in [7, 11) is 1.67. The summed E-state index contributed by atoms with van der Waals surface area (Å²) >= 11 is 5.80. The quantitative estimate of drug-likeness (QED) is 0.792. The van der Waals surface area contributed by atoms with Gasteiger partial charge in [-0.2, -0.15) is 5.10 Å². The summed E-state index contributed by atoms with van der Waals surface area (Å²) in [6.45, 7) is 0. The fourth-order valence-corrected chi connectivity index (χ4v) is 3.21.